The van der Waals surface area contributed by atoms with E-state index in [1.54, 1.807) is 0 Å². The molecule has 0 unspecified atom stereocenters. The van der Waals surface area contributed by atoms with Crippen LogP contribution in [-0.4, -0.2) is 34.0 Å². The Labute approximate surface area is 135 Å². The third-order valence-electron chi connectivity index (χ3n) is 4.12. The van der Waals surface area contributed by atoms with Crippen molar-refractivity contribution in [2.45, 2.75) is 25.7 Å². The fraction of sp³-hybridized carbons (Fsp3) is 0.400. The van der Waals surface area contributed by atoms with Crippen molar-refractivity contribution in [3.8, 4) is 0 Å². The van der Waals surface area contributed by atoms with Crippen LogP contribution >= 0.6 is 15.9 Å². The molecular weight excluding hydrogens is 350 g/mol. The Kier molecular flexibility index (Phi) is 4.15. The van der Waals surface area contributed by atoms with Crippen LogP contribution in [0.4, 0.5) is 0 Å². The number of hydrogen-bond donors (Lipinski definition) is 1. The highest BCUT2D eigenvalue weighted by molar-refractivity contribution is 9.10. The quantitative estimate of drug-likeness (QED) is 0.886. The Hall–Kier alpha value is -1.89. The predicted molar refractivity (Wildman–Crippen MR) is 83.9 cm³/mol. The standard InChI is InChI=1S/C15H16BrN3O3/c1-9-11(3-2-4-12(9)16)14(20)19-7-5-10(6-8-19)13-17-15(21)22-18-13/h2-4,10H,5-8H2,1H3,(H,17,18,21). The molecule has 7 heteroatoms. The first kappa shape index (κ1) is 15.0. The van der Waals surface area contributed by atoms with Gasteiger partial charge in [-0.1, -0.05) is 27.2 Å². The van der Waals surface area contributed by atoms with Gasteiger partial charge in [-0.15, -0.1) is 0 Å². The molecule has 1 fully saturated rings. The molecule has 0 saturated carbocycles. The molecule has 0 bridgehead atoms. The number of likely N-dealkylation sites (tertiary alicyclic amines) is 1. The van der Waals surface area contributed by atoms with Crippen molar-refractivity contribution < 1.29 is 9.32 Å². The second kappa shape index (κ2) is 6.08. The highest BCUT2D eigenvalue weighted by Gasteiger charge is 2.27. The Balaban J connectivity index is 1.69. The van der Waals surface area contributed by atoms with Crippen LogP contribution in [0.25, 0.3) is 0 Å². The molecule has 0 atom stereocenters. The molecule has 3 rings (SSSR count). The van der Waals surface area contributed by atoms with Crippen LogP contribution in [0.1, 0.15) is 40.5 Å². The third kappa shape index (κ3) is 2.85. The normalized spacial score (nSPS) is 16.0. The SMILES string of the molecule is Cc1c(Br)cccc1C(=O)N1CCC(c2noc(=O)[nH]2)CC1. The number of nitrogens with one attached hydrogen (secondary N) is 1. The second-order valence-corrected chi connectivity index (χ2v) is 6.31. The summed E-state index contributed by atoms with van der Waals surface area (Å²) in [6.45, 7) is 3.22. The van der Waals surface area contributed by atoms with Gasteiger partial charge in [-0.3, -0.25) is 14.3 Å². The van der Waals surface area contributed by atoms with Gasteiger partial charge in [0.05, 0.1) is 0 Å². The number of halogens is 1. The van der Waals surface area contributed by atoms with Crippen molar-refractivity contribution in [1.82, 2.24) is 15.0 Å². The van der Waals surface area contributed by atoms with Crippen LogP contribution < -0.4 is 5.76 Å². The summed E-state index contributed by atoms with van der Waals surface area (Å²) in [6, 6.07) is 5.65. The Morgan fingerprint density at radius 2 is 2.14 bits per heavy atom. The number of aromatic nitrogens is 2. The van der Waals surface area contributed by atoms with E-state index in [0.29, 0.717) is 18.9 Å². The van der Waals surface area contributed by atoms with Crippen LogP contribution in [-0.2, 0) is 0 Å². The predicted octanol–water partition coefficient (Wildman–Crippen LogP) is 2.45. The molecule has 0 aliphatic carbocycles. The number of hydrogen-bond acceptors (Lipinski definition) is 4. The summed E-state index contributed by atoms with van der Waals surface area (Å²) in [5, 5.41) is 3.74. The number of H-pyrrole nitrogens is 1. The first-order valence-corrected chi connectivity index (χ1v) is 7.96. The first-order valence-electron chi connectivity index (χ1n) is 7.16. The van der Waals surface area contributed by atoms with Crippen LogP contribution in [0.2, 0.25) is 0 Å². The summed E-state index contributed by atoms with van der Waals surface area (Å²) in [5.41, 5.74) is 1.68. The van der Waals surface area contributed by atoms with E-state index in [0.717, 1.165) is 28.4 Å². The van der Waals surface area contributed by atoms with Gasteiger partial charge in [-0.25, -0.2) is 4.79 Å². The van der Waals surface area contributed by atoms with Crippen molar-refractivity contribution >= 4 is 21.8 Å². The maximum absolute atomic E-state index is 12.6. The van der Waals surface area contributed by atoms with Crippen LogP contribution in [0.15, 0.2) is 32.0 Å². The van der Waals surface area contributed by atoms with E-state index in [9.17, 15) is 9.59 Å². The summed E-state index contributed by atoms with van der Waals surface area (Å²) in [7, 11) is 0. The highest BCUT2D eigenvalue weighted by atomic mass is 79.9. The number of rotatable bonds is 2. The van der Waals surface area contributed by atoms with E-state index in [-0.39, 0.29) is 11.8 Å². The van der Waals surface area contributed by atoms with Gasteiger partial charge in [-0.2, -0.15) is 0 Å². The Bertz CT molecular complexity index is 744. The summed E-state index contributed by atoms with van der Waals surface area (Å²) in [5.74, 6) is 0.235. The lowest BCUT2D eigenvalue weighted by Crippen LogP contribution is -2.38. The number of carbonyl (C=O) groups excluding carboxylic acids is 1. The summed E-state index contributed by atoms with van der Waals surface area (Å²) < 4.78 is 5.48. The van der Waals surface area contributed by atoms with Gasteiger partial charge < -0.3 is 4.90 Å². The van der Waals surface area contributed by atoms with Crippen molar-refractivity contribution in [2.75, 3.05) is 13.1 Å². The molecule has 22 heavy (non-hydrogen) atoms. The van der Waals surface area contributed by atoms with Gasteiger partial charge in [0.15, 0.2) is 5.82 Å². The van der Waals surface area contributed by atoms with E-state index < -0.39 is 5.76 Å². The zero-order valence-corrected chi connectivity index (χ0v) is 13.7. The maximum atomic E-state index is 12.6. The van der Waals surface area contributed by atoms with Gasteiger partial charge >= 0.3 is 5.76 Å². The molecule has 0 radical (unpaired) electrons. The monoisotopic (exact) mass is 365 g/mol. The third-order valence-corrected chi connectivity index (χ3v) is 4.98. The van der Waals surface area contributed by atoms with Crippen molar-refractivity contribution in [2.24, 2.45) is 0 Å². The topological polar surface area (TPSA) is 79.2 Å². The fourth-order valence-electron chi connectivity index (χ4n) is 2.78. The molecule has 1 aliphatic rings. The minimum atomic E-state index is -0.529. The van der Waals surface area contributed by atoms with E-state index in [1.807, 2.05) is 30.0 Å². The van der Waals surface area contributed by atoms with E-state index >= 15 is 0 Å². The molecule has 1 N–H and O–H groups in total. The molecule has 1 saturated heterocycles. The zero-order chi connectivity index (χ0) is 15.7. The van der Waals surface area contributed by atoms with Gasteiger partial charge in [-0.05, 0) is 37.5 Å². The minimum absolute atomic E-state index is 0.0471. The molecule has 1 aliphatic heterocycles. The number of carbonyl (C=O) groups is 1. The largest absolute Gasteiger partial charge is 0.438 e. The molecule has 1 aromatic heterocycles. The van der Waals surface area contributed by atoms with E-state index in [2.05, 4.69) is 30.6 Å². The molecule has 0 spiro atoms. The lowest BCUT2D eigenvalue weighted by atomic mass is 9.95. The smallest absolute Gasteiger partial charge is 0.339 e. The number of amides is 1. The van der Waals surface area contributed by atoms with Gasteiger partial charge in [0.25, 0.3) is 5.91 Å². The molecule has 1 aromatic carbocycles. The lowest BCUT2D eigenvalue weighted by Gasteiger charge is -2.31. The minimum Gasteiger partial charge on any atom is -0.339 e. The first-order chi connectivity index (χ1) is 10.6. The van der Waals surface area contributed by atoms with E-state index in [4.69, 9.17) is 0 Å². The van der Waals surface area contributed by atoms with Crippen LogP contribution in [0, 0.1) is 6.92 Å². The molecule has 1 amide bonds. The molecule has 2 heterocycles. The summed E-state index contributed by atoms with van der Waals surface area (Å²) >= 11 is 3.46. The van der Waals surface area contributed by atoms with Crippen molar-refractivity contribution in [1.29, 1.82) is 0 Å². The highest BCUT2D eigenvalue weighted by Crippen LogP contribution is 2.27. The molecule has 6 nitrogen and oxygen atoms in total. The summed E-state index contributed by atoms with van der Waals surface area (Å²) in [4.78, 5) is 28.1. The second-order valence-electron chi connectivity index (χ2n) is 5.46. The molecule has 116 valence electrons. The number of aromatic amines is 1. The van der Waals surface area contributed by atoms with Gasteiger partial charge in [0, 0.05) is 29.0 Å². The number of piperidine rings is 1. The number of benzene rings is 1. The molecule has 2 aromatic rings. The average molecular weight is 366 g/mol. The maximum Gasteiger partial charge on any atom is 0.438 e. The molecular formula is C15H16BrN3O3. The van der Waals surface area contributed by atoms with E-state index in [1.165, 1.54) is 0 Å². The van der Waals surface area contributed by atoms with Crippen LogP contribution in [0.3, 0.4) is 0 Å². The van der Waals surface area contributed by atoms with Gasteiger partial charge in [0.1, 0.15) is 0 Å². The number of nitrogens with zero attached hydrogens (tertiary/aromatic N) is 2. The Morgan fingerprint density at radius 1 is 1.41 bits per heavy atom. The van der Waals surface area contributed by atoms with Crippen molar-refractivity contribution in [3.05, 3.63) is 50.2 Å². The van der Waals surface area contributed by atoms with Gasteiger partial charge in [0.2, 0.25) is 0 Å². The fourth-order valence-corrected chi connectivity index (χ4v) is 3.15. The Morgan fingerprint density at radius 3 is 2.77 bits per heavy atom. The van der Waals surface area contributed by atoms with Crippen LogP contribution in [0.5, 0.6) is 0 Å². The zero-order valence-electron chi connectivity index (χ0n) is 12.1. The average Bonchev–Trinajstić information content (AvgIpc) is 2.96. The van der Waals surface area contributed by atoms with Crippen molar-refractivity contribution in [3.63, 3.8) is 0 Å². The lowest BCUT2D eigenvalue weighted by molar-refractivity contribution is 0.0710. The summed E-state index contributed by atoms with van der Waals surface area (Å²) in [6.07, 6.45) is 1.53.